The van der Waals surface area contributed by atoms with Crippen LogP contribution in [0, 0.1) is 11.8 Å². The van der Waals surface area contributed by atoms with E-state index < -0.39 is 0 Å². The Morgan fingerprint density at radius 3 is 2.64 bits per heavy atom. The third-order valence-electron chi connectivity index (χ3n) is 3.68. The number of rotatable bonds is 0. The Morgan fingerprint density at radius 2 is 2.14 bits per heavy atom. The molecular weight excluding hydrogens is 196 g/mol. The van der Waals surface area contributed by atoms with Gasteiger partial charge in [0.05, 0.1) is 0 Å². The molecule has 2 fully saturated rings. The highest BCUT2D eigenvalue weighted by Gasteiger charge is 2.48. The number of amides is 1. The highest BCUT2D eigenvalue weighted by atomic mass is 32.1. The van der Waals surface area contributed by atoms with E-state index in [2.05, 4.69) is 24.5 Å². The summed E-state index contributed by atoms with van der Waals surface area (Å²) in [4.78, 5) is 11.8. The lowest BCUT2D eigenvalue weighted by molar-refractivity contribution is -0.126. The molecule has 1 aliphatic heterocycles. The lowest BCUT2D eigenvalue weighted by atomic mass is 9.71. The fourth-order valence-corrected chi connectivity index (χ4v) is 2.75. The van der Waals surface area contributed by atoms with Crippen LogP contribution in [0.3, 0.4) is 0 Å². The molecule has 2 N–H and O–H groups in total. The Bertz CT molecular complexity index is 292. The predicted octanol–water partition coefficient (Wildman–Crippen LogP) is 1.19. The van der Waals surface area contributed by atoms with Gasteiger partial charge in [-0.2, -0.15) is 0 Å². The topological polar surface area (TPSA) is 41.1 Å². The lowest BCUT2D eigenvalue weighted by Gasteiger charge is -2.38. The first-order valence-corrected chi connectivity index (χ1v) is 5.58. The van der Waals surface area contributed by atoms with Crippen molar-refractivity contribution in [3.05, 3.63) is 0 Å². The second-order valence-corrected chi connectivity index (χ2v) is 5.10. The number of hydrogen-bond donors (Lipinski definition) is 2. The summed E-state index contributed by atoms with van der Waals surface area (Å²) >= 11 is 4.97. The molecule has 1 amide bonds. The minimum atomic E-state index is -0.386. The zero-order valence-electron chi connectivity index (χ0n) is 8.59. The number of carbonyl (C=O) groups is 1. The third-order valence-corrected chi connectivity index (χ3v) is 3.89. The van der Waals surface area contributed by atoms with Crippen LogP contribution in [0.25, 0.3) is 0 Å². The van der Waals surface area contributed by atoms with Crippen molar-refractivity contribution in [2.24, 2.45) is 11.8 Å². The van der Waals surface area contributed by atoms with E-state index in [4.69, 9.17) is 12.2 Å². The van der Waals surface area contributed by atoms with Gasteiger partial charge in [-0.15, -0.1) is 0 Å². The van der Waals surface area contributed by atoms with Crippen molar-refractivity contribution in [2.75, 3.05) is 0 Å². The molecule has 0 aromatic carbocycles. The molecule has 14 heavy (non-hydrogen) atoms. The van der Waals surface area contributed by atoms with Crippen molar-refractivity contribution in [3.8, 4) is 0 Å². The monoisotopic (exact) mass is 212 g/mol. The van der Waals surface area contributed by atoms with Gasteiger partial charge in [-0.3, -0.25) is 4.79 Å². The highest BCUT2D eigenvalue weighted by Crippen LogP contribution is 2.37. The van der Waals surface area contributed by atoms with Gasteiger partial charge in [0, 0.05) is 0 Å². The van der Waals surface area contributed by atoms with Gasteiger partial charge in [0.25, 0.3) is 5.91 Å². The van der Waals surface area contributed by atoms with E-state index in [1.807, 2.05) is 0 Å². The van der Waals surface area contributed by atoms with Crippen molar-refractivity contribution in [1.29, 1.82) is 0 Å². The van der Waals surface area contributed by atoms with Crippen LogP contribution in [0.15, 0.2) is 0 Å². The fourth-order valence-electron chi connectivity index (χ4n) is 2.46. The smallest absolute Gasteiger partial charge is 0.251 e. The summed E-state index contributed by atoms with van der Waals surface area (Å²) in [5.41, 5.74) is -0.386. The summed E-state index contributed by atoms with van der Waals surface area (Å²) in [5, 5.41) is 6.33. The second kappa shape index (κ2) is 3.19. The Morgan fingerprint density at radius 1 is 1.43 bits per heavy atom. The van der Waals surface area contributed by atoms with Crippen molar-refractivity contribution in [3.63, 3.8) is 0 Å². The second-order valence-electron chi connectivity index (χ2n) is 4.69. The van der Waals surface area contributed by atoms with Crippen LogP contribution in [0.5, 0.6) is 0 Å². The first-order valence-electron chi connectivity index (χ1n) is 5.17. The van der Waals surface area contributed by atoms with Gasteiger partial charge in [0.2, 0.25) is 0 Å². The molecule has 1 spiro atoms. The molecule has 0 aromatic heterocycles. The van der Waals surface area contributed by atoms with Crippen LogP contribution < -0.4 is 10.6 Å². The van der Waals surface area contributed by atoms with E-state index in [0.717, 1.165) is 19.3 Å². The molecule has 1 saturated carbocycles. The van der Waals surface area contributed by atoms with E-state index in [-0.39, 0.29) is 11.4 Å². The van der Waals surface area contributed by atoms with Crippen LogP contribution >= 0.6 is 12.2 Å². The molecule has 0 radical (unpaired) electrons. The molecule has 2 rings (SSSR count). The summed E-state index contributed by atoms with van der Waals surface area (Å²) in [6.07, 6.45) is 2.91. The SMILES string of the molecule is CC1CCC2(CC1C)NC(=S)NC2=O. The average molecular weight is 212 g/mol. The highest BCUT2D eigenvalue weighted by molar-refractivity contribution is 7.80. The van der Waals surface area contributed by atoms with Gasteiger partial charge in [-0.05, 0) is 43.3 Å². The van der Waals surface area contributed by atoms with Crippen LogP contribution in [-0.2, 0) is 4.79 Å². The molecule has 0 bridgehead atoms. The summed E-state index contributed by atoms with van der Waals surface area (Å²) in [5.74, 6) is 1.37. The van der Waals surface area contributed by atoms with Gasteiger partial charge in [0.1, 0.15) is 5.54 Å². The third kappa shape index (κ3) is 1.41. The molecule has 1 saturated heterocycles. The Kier molecular flexibility index (Phi) is 2.26. The van der Waals surface area contributed by atoms with E-state index in [9.17, 15) is 4.79 Å². The molecule has 3 nitrogen and oxygen atoms in total. The summed E-state index contributed by atoms with van der Waals surface area (Å²) in [6.45, 7) is 4.46. The van der Waals surface area contributed by atoms with Crippen LogP contribution in [0.1, 0.15) is 33.1 Å². The average Bonchev–Trinajstić information content (AvgIpc) is 2.36. The molecule has 1 heterocycles. The summed E-state index contributed by atoms with van der Waals surface area (Å²) < 4.78 is 0. The molecule has 3 unspecified atom stereocenters. The van der Waals surface area contributed by atoms with Gasteiger partial charge in [-0.1, -0.05) is 13.8 Å². The normalized spacial score (nSPS) is 42.4. The summed E-state index contributed by atoms with van der Waals surface area (Å²) in [6, 6.07) is 0. The molecule has 3 atom stereocenters. The van der Waals surface area contributed by atoms with Crippen LogP contribution in [-0.4, -0.2) is 16.6 Å². The first kappa shape index (κ1) is 9.90. The minimum Gasteiger partial charge on any atom is -0.348 e. The zero-order chi connectivity index (χ0) is 10.3. The number of carbonyl (C=O) groups excluding carboxylic acids is 1. The van der Waals surface area contributed by atoms with Crippen molar-refractivity contribution in [1.82, 2.24) is 10.6 Å². The number of hydrogen-bond acceptors (Lipinski definition) is 2. The summed E-state index contributed by atoms with van der Waals surface area (Å²) in [7, 11) is 0. The number of thiocarbonyl (C=S) groups is 1. The van der Waals surface area contributed by atoms with E-state index in [0.29, 0.717) is 16.9 Å². The Balaban J connectivity index is 2.18. The standard InChI is InChI=1S/C10H16N2OS/c1-6-3-4-10(5-7(6)2)8(13)11-9(14)12-10/h6-7H,3-5H2,1-2H3,(H2,11,12,13,14). The lowest BCUT2D eigenvalue weighted by Crippen LogP contribution is -2.51. The van der Waals surface area contributed by atoms with Crippen molar-refractivity contribution >= 4 is 23.2 Å². The van der Waals surface area contributed by atoms with Gasteiger partial charge < -0.3 is 10.6 Å². The van der Waals surface area contributed by atoms with E-state index >= 15 is 0 Å². The molecular formula is C10H16N2OS. The van der Waals surface area contributed by atoms with Crippen molar-refractivity contribution < 1.29 is 4.79 Å². The molecule has 4 heteroatoms. The first-order chi connectivity index (χ1) is 6.53. The van der Waals surface area contributed by atoms with Gasteiger partial charge in [0.15, 0.2) is 5.11 Å². The molecule has 1 aliphatic carbocycles. The fraction of sp³-hybridized carbons (Fsp3) is 0.800. The van der Waals surface area contributed by atoms with Crippen molar-refractivity contribution in [2.45, 2.75) is 38.6 Å². The maximum Gasteiger partial charge on any atom is 0.251 e. The largest absolute Gasteiger partial charge is 0.348 e. The van der Waals surface area contributed by atoms with Crippen LogP contribution in [0.2, 0.25) is 0 Å². The van der Waals surface area contributed by atoms with Gasteiger partial charge in [-0.25, -0.2) is 0 Å². The van der Waals surface area contributed by atoms with Gasteiger partial charge >= 0.3 is 0 Å². The minimum absolute atomic E-state index is 0.0706. The van der Waals surface area contributed by atoms with Crippen LogP contribution in [0.4, 0.5) is 0 Å². The van der Waals surface area contributed by atoms with E-state index in [1.165, 1.54) is 0 Å². The quantitative estimate of drug-likeness (QED) is 0.593. The zero-order valence-corrected chi connectivity index (χ0v) is 9.41. The molecule has 78 valence electrons. The maximum atomic E-state index is 11.8. The Labute approximate surface area is 89.6 Å². The molecule has 2 aliphatic rings. The predicted molar refractivity (Wildman–Crippen MR) is 58.8 cm³/mol. The maximum absolute atomic E-state index is 11.8. The Hall–Kier alpha value is -0.640. The number of nitrogens with one attached hydrogen (secondary N) is 2. The molecule has 0 aromatic rings. The van der Waals surface area contributed by atoms with E-state index in [1.54, 1.807) is 0 Å².